The Labute approximate surface area is 106 Å². The molecule has 2 heterocycles. The van der Waals surface area contributed by atoms with Crippen LogP contribution in [0.1, 0.15) is 20.3 Å². The van der Waals surface area contributed by atoms with Crippen molar-refractivity contribution in [2.75, 3.05) is 32.7 Å². The van der Waals surface area contributed by atoms with E-state index < -0.39 is 12.0 Å². The summed E-state index contributed by atoms with van der Waals surface area (Å²) in [4.78, 5) is 16.1. The average molecular weight is 261 g/mol. The number of nitrogens with one attached hydrogen (secondary N) is 1. The number of rotatable bonds is 2. The van der Waals surface area contributed by atoms with Gasteiger partial charge in [0.15, 0.2) is 0 Å². The third-order valence-corrected chi connectivity index (χ3v) is 3.76. The molecule has 18 heavy (non-hydrogen) atoms. The Balaban J connectivity index is 1.85. The van der Waals surface area contributed by atoms with Gasteiger partial charge in [-0.15, -0.1) is 0 Å². The Morgan fingerprint density at radius 1 is 1.28 bits per heavy atom. The van der Waals surface area contributed by atoms with Crippen LogP contribution in [0, 0.1) is 0 Å². The number of carbonyl (C=O) groups is 1. The van der Waals surface area contributed by atoms with Gasteiger partial charge in [-0.2, -0.15) is 0 Å². The second-order valence-corrected chi connectivity index (χ2v) is 5.45. The Morgan fingerprint density at radius 3 is 2.33 bits per heavy atom. The van der Waals surface area contributed by atoms with Gasteiger partial charge in [0.1, 0.15) is 0 Å². The highest BCUT2D eigenvalue weighted by atomic mass is 19.3. The van der Waals surface area contributed by atoms with Crippen molar-refractivity contribution in [3.05, 3.63) is 0 Å². The molecule has 4 nitrogen and oxygen atoms in total. The predicted molar refractivity (Wildman–Crippen MR) is 64.6 cm³/mol. The van der Waals surface area contributed by atoms with Crippen LogP contribution in [0.4, 0.5) is 8.78 Å². The minimum absolute atomic E-state index is 0.171. The van der Waals surface area contributed by atoms with E-state index in [1.807, 2.05) is 0 Å². The molecule has 1 atom stereocenters. The van der Waals surface area contributed by atoms with Gasteiger partial charge in [-0.1, -0.05) is 0 Å². The van der Waals surface area contributed by atoms with Crippen LogP contribution in [0.25, 0.3) is 0 Å². The first-order valence-electron chi connectivity index (χ1n) is 6.53. The highest BCUT2D eigenvalue weighted by molar-refractivity contribution is 5.82. The maximum absolute atomic E-state index is 13.0. The molecular formula is C12H21F2N3O. The van der Waals surface area contributed by atoms with Crippen molar-refractivity contribution in [2.24, 2.45) is 0 Å². The first-order chi connectivity index (χ1) is 8.39. The molecule has 104 valence electrons. The molecule has 2 fully saturated rings. The van der Waals surface area contributed by atoms with Gasteiger partial charge in [0.05, 0.1) is 12.6 Å². The molecule has 1 N–H and O–H groups in total. The monoisotopic (exact) mass is 261 g/mol. The maximum atomic E-state index is 13.0. The number of carbonyl (C=O) groups excluding carboxylic acids is 1. The molecule has 2 saturated heterocycles. The molecule has 0 radical (unpaired) electrons. The summed E-state index contributed by atoms with van der Waals surface area (Å²) >= 11 is 0. The van der Waals surface area contributed by atoms with Crippen molar-refractivity contribution < 1.29 is 13.6 Å². The standard InChI is InChI=1S/C12H21F2N3O/c1-9(2)16-3-5-17(6-4-16)11(18)10-7-12(13,14)8-15-10/h9-10,15H,3-8H2,1-2H3. The third-order valence-electron chi connectivity index (χ3n) is 3.76. The van der Waals surface area contributed by atoms with E-state index in [0.29, 0.717) is 19.1 Å². The van der Waals surface area contributed by atoms with Crippen LogP contribution in [-0.4, -0.2) is 66.4 Å². The summed E-state index contributed by atoms with van der Waals surface area (Å²) < 4.78 is 26.1. The highest BCUT2D eigenvalue weighted by Crippen LogP contribution is 2.26. The lowest BCUT2D eigenvalue weighted by atomic mass is 10.1. The average Bonchev–Trinajstić information content (AvgIpc) is 2.69. The van der Waals surface area contributed by atoms with Crippen molar-refractivity contribution in [1.29, 1.82) is 0 Å². The first-order valence-corrected chi connectivity index (χ1v) is 6.53. The van der Waals surface area contributed by atoms with Crippen LogP contribution in [0.2, 0.25) is 0 Å². The molecule has 1 amide bonds. The van der Waals surface area contributed by atoms with E-state index in [1.165, 1.54) is 0 Å². The predicted octanol–water partition coefficient (Wildman–Crippen LogP) is 0.536. The molecule has 0 aromatic rings. The van der Waals surface area contributed by atoms with E-state index >= 15 is 0 Å². The van der Waals surface area contributed by atoms with Crippen molar-refractivity contribution in [3.8, 4) is 0 Å². The van der Waals surface area contributed by atoms with Gasteiger partial charge >= 0.3 is 0 Å². The number of nitrogens with zero attached hydrogens (tertiary/aromatic N) is 2. The highest BCUT2D eigenvalue weighted by Gasteiger charge is 2.43. The van der Waals surface area contributed by atoms with Crippen LogP contribution in [0.15, 0.2) is 0 Å². The lowest BCUT2D eigenvalue weighted by Crippen LogP contribution is -2.54. The van der Waals surface area contributed by atoms with E-state index in [0.717, 1.165) is 13.1 Å². The molecule has 0 aliphatic carbocycles. The minimum atomic E-state index is -2.74. The third kappa shape index (κ3) is 2.98. The van der Waals surface area contributed by atoms with Crippen LogP contribution < -0.4 is 5.32 Å². The summed E-state index contributed by atoms with van der Waals surface area (Å²) in [6.45, 7) is 6.79. The normalized spacial score (nSPS) is 28.9. The van der Waals surface area contributed by atoms with E-state index in [-0.39, 0.29) is 18.9 Å². The summed E-state index contributed by atoms with van der Waals surface area (Å²) in [6.07, 6.45) is -0.365. The largest absolute Gasteiger partial charge is 0.339 e. The summed E-state index contributed by atoms with van der Waals surface area (Å²) in [5.74, 6) is -2.91. The van der Waals surface area contributed by atoms with Gasteiger partial charge < -0.3 is 4.90 Å². The molecule has 2 aliphatic rings. The Kier molecular flexibility index (Phi) is 3.87. The zero-order valence-corrected chi connectivity index (χ0v) is 11.0. The van der Waals surface area contributed by atoms with Gasteiger partial charge in [-0.05, 0) is 13.8 Å². The zero-order valence-electron chi connectivity index (χ0n) is 11.0. The summed E-state index contributed by atoms with van der Waals surface area (Å²) in [6, 6.07) is -0.234. The molecule has 0 aromatic heterocycles. The molecule has 1 unspecified atom stereocenters. The molecule has 0 bridgehead atoms. The number of halogens is 2. The minimum Gasteiger partial charge on any atom is -0.339 e. The number of amides is 1. The topological polar surface area (TPSA) is 35.6 Å². The smallest absolute Gasteiger partial charge is 0.262 e. The molecular weight excluding hydrogens is 240 g/mol. The number of hydrogen-bond acceptors (Lipinski definition) is 3. The summed E-state index contributed by atoms with van der Waals surface area (Å²) in [7, 11) is 0. The lowest BCUT2D eigenvalue weighted by Gasteiger charge is -2.37. The Bertz CT molecular complexity index is 314. The molecule has 0 spiro atoms. The first kappa shape index (κ1) is 13.7. The molecule has 2 rings (SSSR count). The second-order valence-electron chi connectivity index (χ2n) is 5.45. The zero-order chi connectivity index (χ0) is 13.3. The Hall–Kier alpha value is -0.750. The van der Waals surface area contributed by atoms with Gasteiger partial charge in [-0.3, -0.25) is 15.0 Å². The van der Waals surface area contributed by atoms with Gasteiger partial charge in [-0.25, -0.2) is 8.78 Å². The second kappa shape index (κ2) is 5.09. The van der Waals surface area contributed by atoms with Gasteiger partial charge in [0.2, 0.25) is 5.91 Å². The maximum Gasteiger partial charge on any atom is 0.262 e. The van der Waals surface area contributed by atoms with Crippen molar-refractivity contribution in [3.63, 3.8) is 0 Å². The van der Waals surface area contributed by atoms with E-state index in [9.17, 15) is 13.6 Å². The van der Waals surface area contributed by atoms with Crippen molar-refractivity contribution in [1.82, 2.24) is 15.1 Å². The van der Waals surface area contributed by atoms with E-state index in [4.69, 9.17) is 0 Å². The SMILES string of the molecule is CC(C)N1CCN(C(=O)C2CC(F)(F)CN2)CC1. The fraction of sp³-hybridized carbons (Fsp3) is 0.917. The number of piperazine rings is 1. The van der Waals surface area contributed by atoms with Gasteiger partial charge in [0.25, 0.3) is 5.92 Å². The van der Waals surface area contributed by atoms with Gasteiger partial charge in [0, 0.05) is 38.6 Å². The van der Waals surface area contributed by atoms with Crippen LogP contribution in [0.3, 0.4) is 0 Å². The summed E-state index contributed by atoms with van der Waals surface area (Å²) in [5, 5.41) is 2.62. The fourth-order valence-corrected chi connectivity index (χ4v) is 2.57. The molecule has 6 heteroatoms. The number of hydrogen-bond donors (Lipinski definition) is 1. The Morgan fingerprint density at radius 2 is 1.89 bits per heavy atom. The van der Waals surface area contributed by atoms with Crippen LogP contribution >= 0.6 is 0 Å². The molecule has 2 aliphatic heterocycles. The van der Waals surface area contributed by atoms with E-state index in [2.05, 4.69) is 24.1 Å². The van der Waals surface area contributed by atoms with E-state index in [1.54, 1.807) is 4.90 Å². The fourth-order valence-electron chi connectivity index (χ4n) is 2.57. The van der Waals surface area contributed by atoms with Crippen LogP contribution in [0.5, 0.6) is 0 Å². The van der Waals surface area contributed by atoms with Crippen molar-refractivity contribution in [2.45, 2.75) is 38.3 Å². The molecule has 0 aromatic carbocycles. The van der Waals surface area contributed by atoms with Crippen LogP contribution in [-0.2, 0) is 4.79 Å². The quantitative estimate of drug-likeness (QED) is 0.788. The summed E-state index contributed by atoms with van der Waals surface area (Å²) in [5.41, 5.74) is 0. The number of alkyl halides is 2. The van der Waals surface area contributed by atoms with Crippen molar-refractivity contribution >= 4 is 5.91 Å². The lowest BCUT2D eigenvalue weighted by molar-refractivity contribution is -0.135. The molecule has 0 saturated carbocycles.